The normalized spacial score (nSPS) is 11.9. The van der Waals surface area contributed by atoms with Crippen molar-refractivity contribution in [3.8, 4) is 10.8 Å². The van der Waals surface area contributed by atoms with Gasteiger partial charge in [0.25, 0.3) is 0 Å². The summed E-state index contributed by atoms with van der Waals surface area (Å²) < 4.78 is 6.72. The van der Waals surface area contributed by atoms with E-state index in [1.165, 1.54) is 13.0 Å². The van der Waals surface area contributed by atoms with Crippen LogP contribution in [0, 0.1) is 0 Å². The lowest BCUT2D eigenvalue weighted by Gasteiger charge is -1.91. The average molecular weight is 285 g/mol. The molecule has 0 unspecified atom stereocenters. The van der Waals surface area contributed by atoms with Gasteiger partial charge in [-0.1, -0.05) is 12.1 Å². The zero-order chi connectivity index (χ0) is 14.1. The minimum absolute atomic E-state index is 0.232. The van der Waals surface area contributed by atoms with Gasteiger partial charge in [0, 0.05) is 5.57 Å². The average Bonchev–Trinajstić information content (AvgIpc) is 3.03. The number of benzene rings is 1. The third kappa shape index (κ3) is 2.35. The van der Waals surface area contributed by atoms with E-state index in [9.17, 15) is 4.79 Å². The van der Waals surface area contributed by atoms with Gasteiger partial charge < -0.3 is 9.52 Å². The molecule has 0 spiro atoms. The van der Waals surface area contributed by atoms with Crippen molar-refractivity contribution in [1.82, 2.24) is 4.98 Å². The Labute approximate surface area is 119 Å². The number of carboxylic acid groups (broad SMARTS) is 1. The van der Waals surface area contributed by atoms with Crippen LogP contribution in [0.15, 0.2) is 46.4 Å². The predicted molar refractivity (Wildman–Crippen MR) is 78.6 cm³/mol. The maximum atomic E-state index is 10.8. The Balaban J connectivity index is 1.97. The van der Waals surface area contributed by atoms with Crippen LogP contribution in [0.5, 0.6) is 0 Å². The van der Waals surface area contributed by atoms with Crippen LogP contribution in [0.2, 0.25) is 0 Å². The summed E-state index contributed by atoms with van der Waals surface area (Å²) in [6, 6.07) is 11.4. The van der Waals surface area contributed by atoms with Gasteiger partial charge in [-0.2, -0.15) is 0 Å². The molecule has 0 aliphatic heterocycles. The molecule has 2 heterocycles. The fourth-order valence-corrected chi connectivity index (χ4v) is 2.73. The molecule has 2 aromatic heterocycles. The Morgan fingerprint density at radius 1 is 1.30 bits per heavy atom. The molecule has 0 saturated heterocycles. The number of carbonyl (C=O) groups is 1. The standard InChI is InChI=1S/C15H11NO3S/c1-9(15(17)18)8-10-6-7-12(19-10)14-16-11-4-2-3-5-13(11)20-14/h2-8H,1H3,(H,17,18). The summed E-state index contributed by atoms with van der Waals surface area (Å²) >= 11 is 1.55. The van der Waals surface area contributed by atoms with Crippen LogP contribution in [0.3, 0.4) is 0 Å². The summed E-state index contributed by atoms with van der Waals surface area (Å²) in [5.41, 5.74) is 1.16. The van der Waals surface area contributed by atoms with Crippen molar-refractivity contribution in [2.24, 2.45) is 0 Å². The van der Waals surface area contributed by atoms with Gasteiger partial charge in [0.15, 0.2) is 10.8 Å². The number of para-hydroxylation sites is 1. The third-order valence-corrected chi connectivity index (χ3v) is 3.88. The van der Waals surface area contributed by atoms with E-state index in [4.69, 9.17) is 9.52 Å². The number of aromatic nitrogens is 1. The van der Waals surface area contributed by atoms with Crippen molar-refractivity contribution in [3.63, 3.8) is 0 Å². The molecule has 0 bridgehead atoms. The lowest BCUT2D eigenvalue weighted by atomic mass is 10.2. The van der Waals surface area contributed by atoms with Crippen LogP contribution in [-0.2, 0) is 4.79 Å². The molecule has 0 radical (unpaired) electrons. The van der Waals surface area contributed by atoms with E-state index in [2.05, 4.69) is 4.98 Å². The van der Waals surface area contributed by atoms with E-state index in [1.807, 2.05) is 24.3 Å². The maximum Gasteiger partial charge on any atom is 0.331 e. The van der Waals surface area contributed by atoms with E-state index in [0.29, 0.717) is 11.5 Å². The number of fused-ring (bicyclic) bond motifs is 1. The number of rotatable bonds is 3. The lowest BCUT2D eigenvalue weighted by molar-refractivity contribution is -0.132. The van der Waals surface area contributed by atoms with Crippen molar-refractivity contribution in [2.45, 2.75) is 6.92 Å². The molecule has 3 aromatic rings. The first-order chi connectivity index (χ1) is 9.63. The smallest absolute Gasteiger partial charge is 0.331 e. The van der Waals surface area contributed by atoms with Crippen molar-refractivity contribution in [3.05, 3.63) is 47.7 Å². The van der Waals surface area contributed by atoms with E-state index >= 15 is 0 Å². The molecule has 0 aliphatic carbocycles. The SMILES string of the molecule is CC(=Cc1ccc(-c2nc3ccccc3s2)o1)C(=O)O. The van der Waals surface area contributed by atoms with Gasteiger partial charge in [0.1, 0.15) is 5.76 Å². The Kier molecular flexibility index (Phi) is 3.12. The van der Waals surface area contributed by atoms with Gasteiger partial charge in [-0.15, -0.1) is 11.3 Å². The van der Waals surface area contributed by atoms with E-state index < -0.39 is 5.97 Å². The zero-order valence-corrected chi connectivity index (χ0v) is 11.5. The molecule has 0 amide bonds. The molecule has 0 fully saturated rings. The first-order valence-electron chi connectivity index (χ1n) is 6.01. The monoisotopic (exact) mass is 285 g/mol. The van der Waals surface area contributed by atoms with Crippen LogP contribution in [0.25, 0.3) is 27.1 Å². The molecule has 5 heteroatoms. The third-order valence-electron chi connectivity index (χ3n) is 2.83. The molecule has 0 saturated carbocycles. The number of hydrogen-bond acceptors (Lipinski definition) is 4. The van der Waals surface area contributed by atoms with Crippen LogP contribution in [0.1, 0.15) is 12.7 Å². The maximum absolute atomic E-state index is 10.8. The molecule has 3 rings (SSSR count). The molecular formula is C15H11NO3S. The Hall–Kier alpha value is -2.40. The van der Waals surface area contributed by atoms with E-state index in [-0.39, 0.29) is 5.57 Å². The molecule has 1 N–H and O–H groups in total. The topological polar surface area (TPSA) is 63.3 Å². The summed E-state index contributed by atoms with van der Waals surface area (Å²) in [6.07, 6.45) is 1.50. The molecule has 20 heavy (non-hydrogen) atoms. The molecule has 1 aromatic carbocycles. The summed E-state index contributed by atoms with van der Waals surface area (Å²) in [5.74, 6) is 0.206. The number of carboxylic acids is 1. The van der Waals surface area contributed by atoms with Crippen molar-refractivity contribution in [2.75, 3.05) is 0 Å². The van der Waals surface area contributed by atoms with Gasteiger partial charge in [-0.3, -0.25) is 0 Å². The summed E-state index contributed by atoms with van der Waals surface area (Å²) in [7, 11) is 0. The molecule has 0 atom stereocenters. The van der Waals surface area contributed by atoms with Crippen LogP contribution < -0.4 is 0 Å². The van der Waals surface area contributed by atoms with E-state index in [1.54, 1.807) is 23.5 Å². The zero-order valence-electron chi connectivity index (χ0n) is 10.7. The summed E-state index contributed by atoms with van der Waals surface area (Å²) in [5, 5.41) is 9.63. The quantitative estimate of drug-likeness (QED) is 0.737. The van der Waals surface area contributed by atoms with Crippen molar-refractivity contribution in [1.29, 1.82) is 0 Å². The molecule has 100 valence electrons. The van der Waals surface area contributed by atoms with Crippen molar-refractivity contribution < 1.29 is 14.3 Å². The fourth-order valence-electron chi connectivity index (χ4n) is 1.80. The largest absolute Gasteiger partial charge is 0.478 e. The Bertz CT molecular complexity index is 780. The van der Waals surface area contributed by atoms with Crippen LogP contribution in [-0.4, -0.2) is 16.1 Å². The first-order valence-corrected chi connectivity index (χ1v) is 6.82. The lowest BCUT2D eigenvalue weighted by Crippen LogP contribution is -1.94. The predicted octanol–water partition coefficient (Wildman–Crippen LogP) is 4.04. The van der Waals surface area contributed by atoms with Gasteiger partial charge in [-0.05, 0) is 37.3 Å². The van der Waals surface area contributed by atoms with Crippen molar-refractivity contribution >= 4 is 33.6 Å². The highest BCUT2D eigenvalue weighted by molar-refractivity contribution is 7.21. The highest BCUT2D eigenvalue weighted by atomic mass is 32.1. The highest BCUT2D eigenvalue weighted by Gasteiger charge is 2.10. The van der Waals surface area contributed by atoms with Gasteiger partial charge in [-0.25, -0.2) is 9.78 Å². The van der Waals surface area contributed by atoms with Crippen LogP contribution in [0.4, 0.5) is 0 Å². The summed E-state index contributed by atoms with van der Waals surface area (Å²) in [6.45, 7) is 1.53. The second-order valence-electron chi connectivity index (χ2n) is 4.32. The Morgan fingerprint density at radius 2 is 2.10 bits per heavy atom. The minimum Gasteiger partial charge on any atom is -0.478 e. The Morgan fingerprint density at radius 3 is 2.85 bits per heavy atom. The van der Waals surface area contributed by atoms with Gasteiger partial charge in [0.2, 0.25) is 0 Å². The number of furan rings is 1. The highest BCUT2D eigenvalue weighted by Crippen LogP contribution is 2.31. The van der Waals surface area contributed by atoms with Gasteiger partial charge in [0.05, 0.1) is 10.2 Å². The molecule has 4 nitrogen and oxygen atoms in total. The summed E-state index contributed by atoms with van der Waals surface area (Å²) in [4.78, 5) is 15.3. The minimum atomic E-state index is -0.956. The molecular weight excluding hydrogens is 274 g/mol. The second kappa shape index (κ2) is 4.94. The van der Waals surface area contributed by atoms with Crippen LogP contribution >= 0.6 is 11.3 Å². The number of hydrogen-bond donors (Lipinski definition) is 1. The number of nitrogens with zero attached hydrogens (tertiary/aromatic N) is 1. The van der Waals surface area contributed by atoms with Gasteiger partial charge >= 0.3 is 5.97 Å². The number of thiazole rings is 1. The fraction of sp³-hybridized carbons (Fsp3) is 0.0667. The second-order valence-corrected chi connectivity index (χ2v) is 5.35. The van der Waals surface area contributed by atoms with E-state index in [0.717, 1.165) is 15.2 Å². The molecule has 0 aliphatic rings. The number of aliphatic carboxylic acids is 1. The first kappa shape index (κ1) is 12.6.